The van der Waals surface area contributed by atoms with E-state index in [-0.39, 0.29) is 0 Å². The van der Waals surface area contributed by atoms with E-state index in [2.05, 4.69) is 0 Å². The van der Waals surface area contributed by atoms with Gasteiger partial charge in [0.15, 0.2) is 11.6 Å². The second-order valence-electron chi connectivity index (χ2n) is 3.95. The highest BCUT2D eigenvalue weighted by Gasteiger charge is 2.12. The van der Waals surface area contributed by atoms with Gasteiger partial charge < -0.3 is 0 Å². The maximum atomic E-state index is 13.1. The van der Waals surface area contributed by atoms with Gasteiger partial charge in [0.25, 0.3) is 0 Å². The van der Waals surface area contributed by atoms with Crippen molar-refractivity contribution in [1.82, 2.24) is 0 Å². The molecule has 2 aromatic rings. The smallest absolute Gasteiger partial charge is 0.159 e. The first-order valence-corrected chi connectivity index (χ1v) is 5.67. The monoisotopic (exact) mass is 252 g/mol. The highest BCUT2D eigenvalue weighted by atomic mass is 35.5. The van der Waals surface area contributed by atoms with Crippen molar-refractivity contribution >= 4 is 11.6 Å². The third kappa shape index (κ3) is 2.64. The standard InChI is InChI=1S/C14H11ClF2/c1-9-2-4-10(5-3-9)14(15)11-6-7-12(16)13(17)8-11/h2-8,14H,1H3. The van der Waals surface area contributed by atoms with Crippen LogP contribution < -0.4 is 0 Å². The molecule has 0 N–H and O–H groups in total. The number of benzene rings is 2. The van der Waals surface area contributed by atoms with Gasteiger partial charge in [-0.25, -0.2) is 8.78 Å². The first-order valence-electron chi connectivity index (χ1n) is 5.23. The Labute approximate surface area is 104 Å². The van der Waals surface area contributed by atoms with Crippen molar-refractivity contribution < 1.29 is 8.78 Å². The van der Waals surface area contributed by atoms with Gasteiger partial charge in [-0.2, -0.15) is 0 Å². The van der Waals surface area contributed by atoms with Gasteiger partial charge in [0.2, 0.25) is 0 Å². The molecule has 1 atom stereocenters. The molecule has 0 fully saturated rings. The molecule has 0 aliphatic rings. The lowest BCUT2D eigenvalue weighted by Gasteiger charge is -2.10. The molecule has 0 heterocycles. The molecule has 0 saturated carbocycles. The van der Waals surface area contributed by atoms with Gasteiger partial charge in [0, 0.05) is 0 Å². The van der Waals surface area contributed by atoms with Gasteiger partial charge in [-0.1, -0.05) is 35.9 Å². The Hall–Kier alpha value is -1.41. The van der Waals surface area contributed by atoms with Crippen LogP contribution in [0.1, 0.15) is 22.1 Å². The van der Waals surface area contributed by atoms with Crippen LogP contribution >= 0.6 is 11.6 Å². The Morgan fingerprint density at radius 1 is 0.882 bits per heavy atom. The molecule has 88 valence electrons. The number of rotatable bonds is 2. The van der Waals surface area contributed by atoms with Crippen molar-refractivity contribution in [3.05, 3.63) is 70.8 Å². The summed E-state index contributed by atoms with van der Waals surface area (Å²) in [5.41, 5.74) is 2.54. The first-order chi connectivity index (χ1) is 8.08. The largest absolute Gasteiger partial charge is 0.204 e. The summed E-state index contributed by atoms with van der Waals surface area (Å²) in [7, 11) is 0. The van der Waals surface area contributed by atoms with Crippen LogP contribution in [0.2, 0.25) is 0 Å². The van der Waals surface area contributed by atoms with Gasteiger partial charge in [0.05, 0.1) is 5.38 Å². The minimum Gasteiger partial charge on any atom is -0.204 e. The first kappa shape index (κ1) is 12.1. The van der Waals surface area contributed by atoms with Crippen LogP contribution in [-0.4, -0.2) is 0 Å². The lowest BCUT2D eigenvalue weighted by atomic mass is 10.0. The summed E-state index contributed by atoms with van der Waals surface area (Å²) in [6, 6.07) is 11.4. The molecule has 0 aromatic heterocycles. The lowest BCUT2D eigenvalue weighted by Crippen LogP contribution is -1.95. The van der Waals surface area contributed by atoms with Gasteiger partial charge >= 0.3 is 0 Å². The zero-order valence-electron chi connectivity index (χ0n) is 9.25. The normalized spacial score (nSPS) is 12.5. The Balaban J connectivity index is 2.33. The second kappa shape index (κ2) is 4.84. The van der Waals surface area contributed by atoms with E-state index in [1.54, 1.807) is 0 Å². The summed E-state index contributed by atoms with van der Waals surface area (Å²) in [6.07, 6.45) is 0. The zero-order chi connectivity index (χ0) is 12.4. The maximum absolute atomic E-state index is 13.1. The number of hydrogen-bond donors (Lipinski definition) is 0. The van der Waals surface area contributed by atoms with Gasteiger partial charge in [-0.15, -0.1) is 11.6 Å². The Morgan fingerprint density at radius 2 is 1.47 bits per heavy atom. The van der Waals surface area contributed by atoms with Crippen LogP contribution in [0.3, 0.4) is 0 Å². The molecular formula is C14H11ClF2. The number of aryl methyl sites for hydroxylation is 1. The lowest BCUT2D eigenvalue weighted by molar-refractivity contribution is 0.507. The molecule has 0 spiro atoms. The molecule has 2 rings (SSSR count). The predicted molar refractivity (Wildman–Crippen MR) is 65.2 cm³/mol. The second-order valence-corrected chi connectivity index (χ2v) is 4.38. The summed E-state index contributed by atoms with van der Waals surface area (Å²) in [5.74, 6) is -1.73. The molecule has 0 aliphatic carbocycles. The van der Waals surface area contributed by atoms with Gasteiger partial charge in [-0.3, -0.25) is 0 Å². The van der Waals surface area contributed by atoms with Crippen LogP contribution in [0, 0.1) is 18.6 Å². The topological polar surface area (TPSA) is 0 Å². The highest BCUT2D eigenvalue weighted by molar-refractivity contribution is 6.22. The van der Waals surface area contributed by atoms with Gasteiger partial charge in [-0.05, 0) is 30.2 Å². The summed E-state index contributed by atoms with van der Waals surface area (Å²) in [4.78, 5) is 0. The summed E-state index contributed by atoms with van der Waals surface area (Å²) >= 11 is 6.22. The third-order valence-electron chi connectivity index (χ3n) is 2.61. The molecule has 3 heteroatoms. The molecule has 0 bridgehead atoms. The number of alkyl halides is 1. The fourth-order valence-corrected chi connectivity index (χ4v) is 1.88. The van der Waals surface area contributed by atoms with Crippen molar-refractivity contribution in [3.63, 3.8) is 0 Å². The van der Waals surface area contributed by atoms with E-state index >= 15 is 0 Å². The summed E-state index contributed by atoms with van der Waals surface area (Å²) < 4.78 is 25.9. The van der Waals surface area contributed by atoms with E-state index in [1.807, 2.05) is 31.2 Å². The van der Waals surface area contributed by atoms with E-state index < -0.39 is 17.0 Å². The number of halogens is 3. The Morgan fingerprint density at radius 3 is 2.06 bits per heavy atom. The average Bonchev–Trinajstić information content (AvgIpc) is 2.33. The average molecular weight is 253 g/mol. The van der Waals surface area contributed by atoms with Crippen molar-refractivity contribution in [2.24, 2.45) is 0 Å². The molecule has 0 aliphatic heterocycles. The fourth-order valence-electron chi connectivity index (χ4n) is 1.60. The van der Waals surface area contributed by atoms with Crippen molar-refractivity contribution in [2.75, 3.05) is 0 Å². The molecule has 17 heavy (non-hydrogen) atoms. The minimum atomic E-state index is -0.875. The van der Waals surface area contributed by atoms with E-state index in [0.29, 0.717) is 5.56 Å². The maximum Gasteiger partial charge on any atom is 0.159 e. The van der Waals surface area contributed by atoms with E-state index in [0.717, 1.165) is 23.3 Å². The molecule has 2 aromatic carbocycles. The summed E-state index contributed by atoms with van der Waals surface area (Å²) in [5, 5.41) is -0.467. The molecule has 0 amide bonds. The molecule has 0 saturated heterocycles. The zero-order valence-corrected chi connectivity index (χ0v) is 10.0. The molecular weight excluding hydrogens is 242 g/mol. The predicted octanol–water partition coefficient (Wildman–Crippen LogP) is 4.60. The molecule has 0 nitrogen and oxygen atoms in total. The van der Waals surface area contributed by atoms with Crippen LogP contribution in [-0.2, 0) is 0 Å². The minimum absolute atomic E-state index is 0.467. The Kier molecular flexibility index (Phi) is 3.43. The van der Waals surface area contributed by atoms with Crippen LogP contribution in [0.15, 0.2) is 42.5 Å². The highest BCUT2D eigenvalue weighted by Crippen LogP contribution is 2.29. The van der Waals surface area contributed by atoms with Gasteiger partial charge in [0.1, 0.15) is 0 Å². The quantitative estimate of drug-likeness (QED) is 0.685. The molecule has 0 radical (unpaired) electrons. The third-order valence-corrected chi connectivity index (χ3v) is 3.11. The summed E-state index contributed by atoms with van der Waals surface area (Å²) in [6.45, 7) is 1.98. The van der Waals surface area contributed by atoms with E-state index in [1.165, 1.54) is 6.07 Å². The Bertz CT molecular complexity index is 520. The van der Waals surface area contributed by atoms with E-state index in [4.69, 9.17) is 11.6 Å². The van der Waals surface area contributed by atoms with Crippen LogP contribution in [0.5, 0.6) is 0 Å². The SMILES string of the molecule is Cc1ccc(C(Cl)c2ccc(F)c(F)c2)cc1. The number of hydrogen-bond acceptors (Lipinski definition) is 0. The van der Waals surface area contributed by atoms with Crippen molar-refractivity contribution in [2.45, 2.75) is 12.3 Å². The molecule has 1 unspecified atom stereocenters. The van der Waals surface area contributed by atoms with Crippen LogP contribution in [0.4, 0.5) is 8.78 Å². The van der Waals surface area contributed by atoms with Crippen molar-refractivity contribution in [1.29, 1.82) is 0 Å². The van der Waals surface area contributed by atoms with Crippen molar-refractivity contribution in [3.8, 4) is 0 Å². The van der Waals surface area contributed by atoms with E-state index in [9.17, 15) is 8.78 Å². The van der Waals surface area contributed by atoms with Crippen LogP contribution in [0.25, 0.3) is 0 Å². The fraction of sp³-hybridized carbons (Fsp3) is 0.143.